The summed E-state index contributed by atoms with van der Waals surface area (Å²) in [6, 6.07) is 7.12. The van der Waals surface area contributed by atoms with Gasteiger partial charge in [0.05, 0.1) is 12.6 Å². The van der Waals surface area contributed by atoms with Crippen LogP contribution in [-0.2, 0) is 19.1 Å². The van der Waals surface area contributed by atoms with Crippen molar-refractivity contribution in [1.82, 2.24) is 10.2 Å². The number of nitrogens with zero attached hydrogens (tertiary/aromatic N) is 1. The van der Waals surface area contributed by atoms with Crippen molar-refractivity contribution >= 4 is 11.8 Å². The molecule has 8 heteroatoms. The summed E-state index contributed by atoms with van der Waals surface area (Å²) >= 11 is 0. The number of carbonyl (C=O) groups is 2. The molecule has 2 amide bonds. The molecular weight excluding hydrogens is 388 g/mol. The van der Waals surface area contributed by atoms with Gasteiger partial charge >= 0.3 is 0 Å². The lowest BCUT2D eigenvalue weighted by molar-refractivity contribution is -0.134. The highest BCUT2D eigenvalue weighted by Gasteiger charge is 2.42. The second kappa shape index (κ2) is 10.6. The van der Waals surface area contributed by atoms with Gasteiger partial charge in [-0.25, -0.2) is 0 Å². The maximum Gasteiger partial charge on any atom is 0.260 e. The van der Waals surface area contributed by atoms with Gasteiger partial charge in [0.1, 0.15) is 11.5 Å². The highest BCUT2D eigenvalue weighted by Crippen LogP contribution is 2.27. The Kier molecular flexibility index (Phi) is 7.93. The molecule has 1 N–H and O–H groups in total. The van der Waals surface area contributed by atoms with E-state index in [0.29, 0.717) is 51.5 Å². The normalized spacial score (nSPS) is 22.0. The first-order chi connectivity index (χ1) is 14.5. The second-order valence-electron chi connectivity index (χ2n) is 7.93. The molecule has 8 nitrogen and oxygen atoms in total. The molecule has 0 bridgehead atoms. The molecule has 2 saturated heterocycles. The molecule has 1 unspecified atom stereocenters. The molecule has 3 rings (SSSR count). The quantitative estimate of drug-likeness (QED) is 0.654. The molecule has 166 valence electrons. The van der Waals surface area contributed by atoms with Crippen LogP contribution in [0.15, 0.2) is 24.3 Å². The smallest absolute Gasteiger partial charge is 0.260 e. The van der Waals surface area contributed by atoms with Crippen LogP contribution in [0.3, 0.4) is 0 Å². The molecule has 30 heavy (non-hydrogen) atoms. The van der Waals surface area contributed by atoms with E-state index in [0.717, 1.165) is 18.6 Å². The minimum atomic E-state index is -0.457. The van der Waals surface area contributed by atoms with Crippen LogP contribution in [0.4, 0.5) is 0 Å². The molecule has 1 atom stereocenters. The average molecular weight is 421 g/mol. The van der Waals surface area contributed by atoms with Gasteiger partial charge in [0, 0.05) is 45.9 Å². The lowest BCUT2D eigenvalue weighted by Crippen LogP contribution is -2.54. The highest BCUT2D eigenvalue weighted by atomic mass is 16.5. The van der Waals surface area contributed by atoms with Gasteiger partial charge in [-0.1, -0.05) is 0 Å². The van der Waals surface area contributed by atoms with Gasteiger partial charge < -0.3 is 29.2 Å². The monoisotopic (exact) mass is 420 g/mol. The van der Waals surface area contributed by atoms with Gasteiger partial charge in [-0.2, -0.15) is 0 Å². The van der Waals surface area contributed by atoms with Crippen LogP contribution in [0.1, 0.15) is 25.7 Å². The summed E-state index contributed by atoms with van der Waals surface area (Å²) in [6.07, 6.45) is 2.86. The number of methoxy groups -OCH3 is 2. The van der Waals surface area contributed by atoms with Crippen molar-refractivity contribution in [3.05, 3.63) is 24.3 Å². The Morgan fingerprint density at radius 3 is 2.53 bits per heavy atom. The molecule has 0 saturated carbocycles. The fourth-order valence-corrected chi connectivity index (χ4v) is 3.98. The SMILES string of the molecule is COCCC1(NC(=O)C2CCOCC2)CCN(C(=O)COc2ccc(OC)cc2)C1. The molecule has 0 aromatic heterocycles. The Hall–Kier alpha value is -2.32. The largest absolute Gasteiger partial charge is 0.497 e. The van der Waals surface area contributed by atoms with Crippen molar-refractivity contribution in [2.24, 2.45) is 5.92 Å². The number of ether oxygens (including phenoxy) is 4. The maximum atomic E-state index is 12.8. The van der Waals surface area contributed by atoms with E-state index in [-0.39, 0.29) is 24.3 Å². The van der Waals surface area contributed by atoms with E-state index in [9.17, 15) is 9.59 Å². The Bertz CT molecular complexity index is 704. The predicted octanol–water partition coefficient (Wildman–Crippen LogP) is 1.62. The van der Waals surface area contributed by atoms with Crippen LogP contribution in [0.5, 0.6) is 11.5 Å². The van der Waals surface area contributed by atoms with E-state index in [4.69, 9.17) is 18.9 Å². The second-order valence-corrected chi connectivity index (χ2v) is 7.93. The van der Waals surface area contributed by atoms with Crippen molar-refractivity contribution in [1.29, 1.82) is 0 Å². The first kappa shape index (κ1) is 22.4. The van der Waals surface area contributed by atoms with E-state index in [2.05, 4.69) is 5.32 Å². The fourth-order valence-electron chi connectivity index (χ4n) is 3.98. The predicted molar refractivity (Wildman–Crippen MR) is 111 cm³/mol. The lowest BCUT2D eigenvalue weighted by Gasteiger charge is -2.33. The first-order valence-electron chi connectivity index (χ1n) is 10.5. The van der Waals surface area contributed by atoms with E-state index < -0.39 is 5.54 Å². The fraction of sp³-hybridized carbons (Fsp3) is 0.636. The highest BCUT2D eigenvalue weighted by molar-refractivity contribution is 5.81. The maximum absolute atomic E-state index is 12.8. The molecule has 2 aliphatic heterocycles. The Morgan fingerprint density at radius 2 is 1.87 bits per heavy atom. The minimum Gasteiger partial charge on any atom is -0.497 e. The van der Waals surface area contributed by atoms with E-state index >= 15 is 0 Å². The van der Waals surface area contributed by atoms with Gasteiger partial charge in [0.15, 0.2) is 6.61 Å². The topological polar surface area (TPSA) is 86.3 Å². The zero-order valence-corrected chi connectivity index (χ0v) is 17.9. The van der Waals surface area contributed by atoms with Crippen LogP contribution >= 0.6 is 0 Å². The molecule has 1 aromatic carbocycles. The summed E-state index contributed by atoms with van der Waals surface area (Å²) in [5.41, 5.74) is -0.457. The van der Waals surface area contributed by atoms with E-state index in [1.54, 1.807) is 43.4 Å². The summed E-state index contributed by atoms with van der Waals surface area (Å²) < 4.78 is 21.4. The summed E-state index contributed by atoms with van der Waals surface area (Å²) in [5.74, 6) is 1.28. The number of hydrogen-bond acceptors (Lipinski definition) is 6. The van der Waals surface area contributed by atoms with Crippen LogP contribution in [-0.4, -0.2) is 76.0 Å². The minimum absolute atomic E-state index is 0.0265. The number of amides is 2. The number of rotatable bonds is 9. The van der Waals surface area contributed by atoms with Gasteiger partial charge in [-0.15, -0.1) is 0 Å². The number of benzene rings is 1. The van der Waals surface area contributed by atoms with Gasteiger partial charge in [-0.3, -0.25) is 9.59 Å². The lowest BCUT2D eigenvalue weighted by atomic mass is 9.91. The van der Waals surface area contributed by atoms with Crippen molar-refractivity contribution in [3.8, 4) is 11.5 Å². The number of likely N-dealkylation sites (tertiary alicyclic amines) is 1. The standard InChI is InChI=1S/C22H32N2O6/c1-27-14-10-22(23-21(26)17-7-12-29-13-8-17)9-11-24(16-22)20(25)15-30-19-5-3-18(28-2)4-6-19/h3-6,17H,7-16H2,1-2H3,(H,23,26). The van der Waals surface area contributed by atoms with Crippen LogP contribution < -0.4 is 14.8 Å². The first-order valence-corrected chi connectivity index (χ1v) is 10.5. The summed E-state index contributed by atoms with van der Waals surface area (Å²) in [6.45, 7) is 2.78. The molecule has 2 aliphatic rings. The Balaban J connectivity index is 1.55. The zero-order chi connectivity index (χ0) is 21.4. The van der Waals surface area contributed by atoms with E-state index in [1.807, 2.05) is 0 Å². The van der Waals surface area contributed by atoms with Crippen molar-refractivity contribution in [2.45, 2.75) is 31.2 Å². The molecule has 2 heterocycles. The van der Waals surface area contributed by atoms with Gasteiger partial charge in [0.2, 0.25) is 5.91 Å². The third kappa shape index (κ3) is 5.86. The molecule has 0 radical (unpaired) electrons. The average Bonchev–Trinajstić information content (AvgIpc) is 3.21. The van der Waals surface area contributed by atoms with E-state index in [1.165, 1.54) is 0 Å². The number of carbonyl (C=O) groups excluding carboxylic acids is 2. The summed E-state index contributed by atoms with van der Waals surface area (Å²) in [5, 5.41) is 3.25. The molecule has 0 aliphatic carbocycles. The van der Waals surface area contributed by atoms with Crippen LogP contribution in [0.2, 0.25) is 0 Å². The van der Waals surface area contributed by atoms with Crippen LogP contribution in [0.25, 0.3) is 0 Å². The van der Waals surface area contributed by atoms with Gasteiger partial charge in [0.25, 0.3) is 5.91 Å². The number of hydrogen-bond donors (Lipinski definition) is 1. The third-order valence-corrected chi connectivity index (χ3v) is 5.89. The van der Waals surface area contributed by atoms with Crippen molar-refractivity contribution in [3.63, 3.8) is 0 Å². The number of nitrogens with one attached hydrogen (secondary N) is 1. The summed E-state index contributed by atoms with van der Waals surface area (Å²) in [7, 11) is 3.25. The van der Waals surface area contributed by atoms with Crippen molar-refractivity contribution < 1.29 is 28.5 Å². The van der Waals surface area contributed by atoms with Gasteiger partial charge in [-0.05, 0) is 49.9 Å². The molecule has 1 aromatic rings. The van der Waals surface area contributed by atoms with Crippen molar-refractivity contribution in [2.75, 3.05) is 53.7 Å². The molecular formula is C22H32N2O6. The molecule has 0 spiro atoms. The zero-order valence-electron chi connectivity index (χ0n) is 17.9. The van der Waals surface area contributed by atoms with Crippen LogP contribution in [0, 0.1) is 5.92 Å². The summed E-state index contributed by atoms with van der Waals surface area (Å²) in [4.78, 5) is 27.3. The third-order valence-electron chi connectivity index (χ3n) is 5.89. The Labute approximate surface area is 177 Å². The molecule has 2 fully saturated rings. The Morgan fingerprint density at radius 1 is 1.17 bits per heavy atom.